The van der Waals surface area contributed by atoms with Crippen LogP contribution in [0.4, 0.5) is 5.69 Å². The molecule has 0 fully saturated rings. The van der Waals surface area contributed by atoms with E-state index >= 15 is 0 Å². The molecule has 1 aromatic carbocycles. The van der Waals surface area contributed by atoms with Gasteiger partial charge in [-0.05, 0) is 18.4 Å². The third-order valence-electron chi connectivity index (χ3n) is 5.32. The molecule has 0 saturated carbocycles. The molecule has 0 spiro atoms. The van der Waals surface area contributed by atoms with Crippen molar-refractivity contribution in [2.45, 2.75) is 32.7 Å². The maximum Gasteiger partial charge on any atom is 0.355 e. The molecule has 1 aromatic rings. The zero-order chi connectivity index (χ0) is 21.8. The number of carbonyl (C=O) groups excluding carboxylic acids is 1. The van der Waals surface area contributed by atoms with Crippen molar-refractivity contribution >= 4 is 23.3 Å². The Hall–Kier alpha value is -3.01. The second-order valence-corrected chi connectivity index (χ2v) is 7.15. The largest absolute Gasteiger partial charge is 0.481 e. The molecule has 0 amide bonds. The van der Waals surface area contributed by atoms with Gasteiger partial charge in [0.15, 0.2) is 5.71 Å². The van der Waals surface area contributed by atoms with Crippen molar-refractivity contribution in [2.75, 3.05) is 20.3 Å². The lowest BCUT2D eigenvalue weighted by Gasteiger charge is -2.47. The maximum atomic E-state index is 12.7. The van der Waals surface area contributed by atoms with Gasteiger partial charge < -0.3 is 20.0 Å². The number of esters is 1. The first-order valence-electron chi connectivity index (χ1n) is 9.14. The highest BCUT2D eigenvalue weighted by atomic mass is 16.6. The zero-order valence-electron chi connectivity index (χ0n) is 16.7. The van der Waals surface area contributed by atoms with Crippen LogP contribution in [0.3, 0.4) is 0 Å². The number of carbonyl (C=O) groups is 2. The average molecular weight is 407 g/mol. The van der Waals surface area contributed by atoms with Crippen LogP contribution in [0.15, 0.2) is 29.4 Å². The number of carboxylic acids is 1. The molecule has 0 radical (unpaired) electrons. The first-order valence-corrected chi connectivity index (χ1v) is 9.14. The van der Waals surface area contributed by atoms with Gasteiger partial charge in [0.1, 0.15) is 12.0 Å². The number of rotatable bonds is 8. The molecule has 2 N–H and O–H groups in total. The van der Waals surface area contributed by atoms with Crippen molar-refractivity contribution in [1.29, 1.82) is 0 Å². The lowest BCUT2D eigenvalue weighted by Crippen LogP contribution is -2.60. The number of methoxy groups -OCH3 is 1. The molecular formula is C19H25N3O7. The molecule has 1 heterocycles. The number of hydrazone groups is 1. The summed E-state index contributed by atoms with van der Waals surface area (Å²) in [6.07, 6.45) is 0. The first kappa shape index (κ1) is 22.3. The summed E-state index contributed by atoms with van der Waals surface area (Å²) in [5.41, 5.74) is 1.21. The number of nitrogens with zero attached hydrogens (tertiary/aromatic N) is 2. The molecule has 1 aliphatic heterocycles. The van der Waals surface area contributed by atoms with Crippen LogP contribution < -0.4 is 5.43 Å². The number of non-ortho nitro benzene ring substituents is 1. The zero-order valence-corrected chi connectivity index (χ0v) is 16.7. The molecular weight excluding hydrogens is 382 g/mol. The van der Waals surface area contributed by atoms with E-state index in [0.717, 1.165) is 0 Å². The number of carboxylic acid groups (broad SMARTS) is 1. The van der Waals surface area contributed by atoms with Crippen molar-refractivity contribution in [1.82, 2.24) is 5.43 Å². The van der Waals surface area contributed by atoms with Gasteiger partial charge in [0, 0.05) is 19.2 Å². The van der Waals surface area contributed by atoms with E-state index in [4.69, 9.17) is 9.47 Å². The van der Waals surface area contributed by atoms with Crippen LogP contribution in [0.5, 0.6) is 0 Å². The Morgan fingerprint density at radius 2 is 2.07 bits per heavy atom. The molecule has 1 aliphatic rings. The smallest absolute Gasteiger partial charge is 0.355 e. The summed E-state index contributed by atoms with van der Waals surface area (Å²) >= 11 is 0. The van der Waals surface area contributed by atoms with Gasteiger partial charge in [-0.3, -0.25) is 14.9 Å². The Kier molecular flexibility index (Phi) is 6.91. The van der Waals surface area contributed by atoms with E-state index in [0.29, 0.717) is 5.56 Å². The molecule has 0 aromatic heterocycles. The molecule has 0 saturated heterocycles. The van der Waals surface area contributed by atoms with Crippen molar-refractivity contribution in [3.8, 4) is 0 Å². The Morgan fingerprint density at radius 1 is 1.38 bits per heavy atom. The SMILES string of the molecule is COCCOC(=O)C1=NNC(C)C(C(=O)O)(C(C)C)C1c1cccc([N+](=O)[O-])c1. The van der Waals surface area contributed by atoms with Gasteiger partial charge in [-0.25, -0.2) is 4.79 Å². The molecule has 3 unspecified atom stereocenters. The van der Waals surface area contributed by atoms with E-state index in [1.54, 1.807) is 26.8 Å². The number of hydrogen-bond acceptors (Lipinski definition) is 8. The number of nitrogens with one attached hydrogen (secondary N) is 1. The highest BCUT2D eigenvalue weighted by Gasteiger charge is 2.58. The number of hydrogen-bond donors (Lipinski definition) is 2. The first-order chi connectivity index (χ1) is 13.7. The fraction of sp³-hybridized carbons (Fsp3) is 0.526. The number of aliphatic carboxylic acids is 1. The summed E-state index contributed by atoms with van der Waals surface area (Å²) in [4.78, 5) is 36.0. The number of nitro groups is 1. The summed E-state index contributed by atoms with van der Waals surface area (Å²) < 4.78 is 10.0. The van der Waals surface area contributed by atoms with E-state index in [1.165, 1.54) is 25.3 Å². The second kappa shape index (κ2) is 8.99. The molecule has 2 rings (SSSR count). The van der Waals surface area contributed by atoms with E-state index < -0.39 is 40.2 Å². The Morgan fingerprint density at radius 3 is 2.62 bits per heavy atom. The number of ether oxygens (including phenoxy) is 2. The lowest BCUT2D eigenvalue weighted by atomic mass is 9.59. The van der Waals surface area contributed by atoms with Gasteiger partial charge in [-0.2, -0.15) is 5.10 Å². The van der Waals surface area contributed by atoms with E-state index in [-0.39, 0.29) is 24.6 Å². The van der Waals surface area contributed by atoms with Gasteiger partial charge in [-0.1, -0.05) is 26.0 Å². The Labute approximate surface area is 168 Å². The Bertz CT molecular complexity index is 824. The fourth-order valence-corrected chi connectivity index (χ4v) is 3.91. The maximum absolute atomic E-state index is 12.7. The third-order valence-corrected chi connectivity index (χ3v) is 5.32. The van der Waals surface area contributed by atoms with E-state index in [9.17, 15) is 24.8 Å². The van der Waals surface area contributed by atoms with Crippen molar-refractivity contribution in [2.24, 2.45) is 16.4 Å². The minimum absolute atomic E-state index is 0.0344. The highest BCUT2D eigenvalue weighted by Crippen LogP contribution is 2.48. The van der Waals surface area contributed by atoms with Crippen LogP contribution in [0.2, 0.25) is 0 Å². The number of benzene rings is 1. The predicted molar refractivity (Wildman–Crippen MR) is 104 cm³/mol. The molecule has 29 heavy (non-hydrogen) atoms. The van der Waals surface area contributed by atoms with Crippen LogP contribution in [-0.2, 0) is 19.1 Å². The molecule has 158 valence electrons. The second-order valence-electron chi connectivity index (χ2n) is 7.15. The van der Waals surface area contributed by atoms with Gasteiger partial charge >= 0.3 is 11.9 Å². The minimum atomic E-state index is -1.49. The van der Waals surface area contributed by atoms with Gasteiger partial charge in [0.2, 0.25) is 0 Å². The Balaban J connectivity index is 2.67. The predicted octanol–water partition coefficient (Wildman–Crippen LogP) is 1.94. The van der Waals surface area contributed by atoms with Crippen LogP contribution >= 0.6 is 0 Å². The summed E-state index contributed by atoms with van der Waals surface area (Å²) in [5, 5.41) is 25.6. The highest BCUT2D eigenvalue weighted by molar-refractivity contribution is 6.39. The molecule has 3 atom stereocenters. The monoisotopic (exact) mass is 407 g/mol. The van der Waals surface area contributed by atoms with Gasteiger partial charge in [0.25, 0.3) is 5.69 Å². The average Bonchev–Trinajstić information content (AvgIpc) is 2.67. The van der Waals surface area contributed by atoms with Crippen LogP contribution in [0.1, 0.15) is 32.3 Å². The molecule has 10 nitrogen and oxygen atoms in total. The molecule has 0 bridgehead atoms. The van der Waals surface area contributed by atoms with Gasteiger partial charge in [0.05, 0.1) is 23.5 Å². The molecule has 0 aliphatic carbocycles. The summed E-state index contributed by atoms with van der Waals surface area (Å²) in [5.74, 6) is -3.43. The third kappa shape index (κ3) is 4.07. The minimum Gasteiger partial charge on any atom is -0.481 e. The van der Waals surface area contributed by atoms with E-state index in [2.05, 4.69) is 10.5 Å². The standard InChI is InChI=1S/C19H25N3O7/c1-11(2)19(18(24)25)12(3)20-21-16(17(23)29-9-8-28-4)15(19)13-6-5-7-14(10-13)22(26)27/h5-7,10-12,15,20H,8-9H2,1-4H3,(H,24,25). The summed E-state index contributed by atoms with van der Waals surface area (Å²) in [6, 6.07) is 4.95. The normalized spacial score (nSPS) is 23.8. The van der Waals surface area contributed by atoms with Crippen molar-refractivity contribution < 1.29 is 29.1 Å². The van der Waals surface area contributed by atoms with Gasteiger partial charge in [-0.15, -0.1) is 0 Å². The summed E-state index contributed by atoms with van der Waals surface area (Å²) in [6.45, 7) is 5.26. The van der Waals surface area contributed by atoms with Crippen LogP contribution in [0.25, 0.3) is 0 Å². The van der Waals surface area contributed by atoms with Crippen LogP contribution in [-0.4, -0.2) is 54.0 Å². The number of nitro benzene ring substituents is 1. The quantitative estimate of drug-likeness (QED) is 0.288. The summed E-state index contributed by atoms with van der Waals surface area (Å²) in [7, 11) is 1.45. The lowest BCUT2D eigenvalue weighted by molar-refractivity contribution is -0.384. The van der Waals surface area contributed by atoms with Crippen molar-refractivity contribution in [3.63, 3.8) is 0 Å². The fourth-order valence-electron chi connectivity index (χ4n) is 3.91. The van der Waals surface area contributed by atoms with Crippen molar-refractivity contribution in [3.05, 3.63) is 39.9 Å². The topological polar surface area (TPSA) is 140 Å². The van der Waals surface area contributed by atoms with Crippen LogP contribution in [0, 0.1) is 21.4 Å². The molecule has 10 heteroatoms. The van der Waals surface area contributed by atoms with E-state index in [1.807, 2.05) is 0 Å².